The van der Waals surface area contributed by atoms with Gasteiger partial charge < -0.3 is 36.5 Å². The molecule has 3 heterocycles. The Kier molecular flexibility index (Phi) is 2.49. The lowest BCUT2D eigenvalue weighted by Crippen LogP contribution is -2.44. The lowest BCUT2D eigenvalue weighted by atomic mass is 9.86. The average molecular weight is 340 g/mol. The van der Waals surface area contributed by atoms with Crippen LogP contribution in [0.15, 0.2) is 12.1 Å². The van der Waals surface area contributed by atoms with Crippen LogP contribution in [0, 0.1) is 5.41 Å². The van der Waals surface area contributed by atoms with Gasteiger partial charge in [-0.1, -0.05) is 0 Å². The third-order valence-electron chi connectivity index (χ3n) is 5.30. The second-order valence-electron chi connectivity index (χ2n) is 6.78. The fraction of sp³-hybridized carbons (Fsp3) is 0.294. The molecule has 25 heavy (non-hydrogen) atoms. The summed E-state index contributed by atoms with van der Waals surface area (Å²) in [5, 5.41) is 41.8. The van der Waals surface area contributed by atoms with Crippen molar-refractivity contribution in [1.29, 1.82) is 5.41 Å². The number of phenols is 2. The van der Waals surface area contributed by atoms with Crippen LogP contribution in [0.1, 0.15) is 28.2 Å². The molecule has 8 nitrogen and oxygen atoms in total. The molecule has 2 unspecified atom stereocenters. The van der Waals surface area contributed by atoms with Crippen molar-refractivity contribution in [3.05, 3.63) is 34.4 Å². The summed E-state index contributed by atoms with van der Waals surface area (Å²) in [6, 6.07) is 2.91. The van der Waals surface area contributed by atoms with E-state index in [0.717, 1.165) is 5.56 Å². The molecule has 3 aliphatic rings. The Bertz CT molecular complexity index is 974. The Hall–Kier alpha value is -3.00. The maximum Gasteiger partial charge on any atom is 0.219 e. The number of hydrogen-bond donors (Lipinski definition) is 6. The molecule has 128 valence electrons. The molecule has 0 bridgehead atoms. The van der Waals surface area contributed by atoms with Gasteiger partial charge in [0.05, 0.1) is 23.7 Å². The van der Waals surface area contributed by atoms with Gasteiger partial charge >= 0.3 is 0 Å². The van der Waals surface area contributed by atoms with Crippen molar-refractivity contribution in [2.24, 2.45) is 0 Å². The normalized spacial score (nSPS) is 25.5. The first-order chi connectivity index (χ1) is 11.9. The van der Waals surface area contributed by atoms with Crippen molar-refractivity contribution in [1.82, 2.24) is 4.98 Å². The number of fused-ring (bicyclic) bond motifs is 6. The van der Waals surface area contributed by atoms with Crippen LogP contribution in [0.3, 0.4) is 0 Å². The van der Waals surface area contributed by atoms with E-state index in [1.165, 1.54) is 12.1 Å². The molecule has 0 fully saturated rings. The Balaban J connectivity index is 1.69. The van der Waals surface area contributed by atoms with Crippen molar-refractivity contribution >= 4 is 17.3 Å². The molecule has 1 aromatic heterocycles. The first-order valence-corrected chi connectivity index (χ1v) is 7.97. The van der Waals surface area contributed by atoms with Crippen LogP contribution in [-0.2, 0) is 12.8 Å². The van der Waals surface area contributed by atoms with Crippen LogP contribution < -0.4 is 15.8 Å². The molecule has 1 aliphatic carbocycles. The molecule has 2 aliphatic heterocycles. The highest BCUT2D eigenvalue weighted by Gasteiger charge is 2.52. The van der Waals surface area contributed by atoms with Gasteiger partial charge in [-0.15, -0.1) is 0 Å². The van der Waals surface area contributed by atoms with E-state index in [9.17, 15) is 15.3 Å². The molecular weight excluding hydrogens is 324 g/mol. The molecule has 1 aromatic carbocycles. The average Bonchev–Trinajstić information content (AvgIpc) is 3.03. The summed E-state index contributed by atoms with van der Waals surface area (Å²) in [7, 11) is 0. The number of anilines is 2. The number of rotatable bonds is 0. The quantitative estimate of drug-likeness (QED) is 0.390. The lowest BCUT2D eigenvalue weighted by molar-refractivity contribution is -0.155. The number of aromatic hydroxyl groups is 2. The number of pyridine rings is 1. The minimum Gasteiger partial charge on any atom is -0.504 e. The first kappa shape index (κ1) is 14.4. The SMILES string of the molecule is N=C1CNc2nc(N)c3c(c21)OC1(O)Cc2cc(O)c(O)cc2C1C3. The molecule has 0 saturated heterocycles. The van der Waals surface area contributed by atoms with Crippen LogP contribution in [0.5, 0.6) is 17.2 Å². The van der Waals surface area contributed by atoms with Crippen LogP contribution in [0.4, 0.5) is 11.6 Å². The van der Waals surface area contributed by atoms with E-state index < -0.39 is 11.7 Å². The highest BCUT2D eigenvalue weighted by Crippen LogP contribution is 2.53. The van der Waals surface area contributed by atoms with Gasteiger partial charge in [-0.2, -0.15) is 0 Å². The topological polar surface area (TPSA) is 145 Å². The maximum atomic E-state index is 11.1. The fourth-order valence-electron chi connectivity index (χ4n) is 4.11. The highest BCUT2D eigenvalue weighted by atomic mass is 16.6. The van der Waals surface area contributed by atoms with Crippen molar-refractivity contribution in [3.8, 4) is 17.2 Å². The zero-order chi connectivity index (χ0) is 17.5. The molecule has 0 radical (unpaired) electrons. The molecule has 0 amide bonds. The standard InChI is InChI=1S/C17H16N4O4/c18-10-5-20-16-13(10)14-8(15(19)21-16)2-9-7-3-12(23)11(22)1-6(7)4-17(9,24)25-14/h1,3,9,18,22-24H,2,4-5H2,(H3,19,20,21). The second kappa shape index (κ2) is 4.34. The number of nitrogen functional groups attached to an aromatic ring is 1. The maximum absolute atomic E-state index is 11.1. The Labute approximate surface area is 142 Å². The monoisotopic (exact) mass is 340 g/mol. The summed E-state index contributed by atoms with van der Waals surface area (Å²) < 4.78 is 5.99. The second-order valence-corrected chi connectivity index (χ2v) is 6.78. The number of hydrogen-bond acceptors (Lipinski definition) is 8. The molecule has 7 N–H and O–H groups in total. The van der Waals surface area contributed by atoms with Crippen molar-refractivity contribution in [2.75, 3.05) is 17.6 Å². The van der Waals surface area contributed by atoms with E-state index in [2.05, 4.69) is 10.3 Å². The number of nitrogens with one attached hydrogen (secondary N) is 2. The zero-order valence-electron chi connectivity index (χ0n) is 13.1. The van der Waals surface area contributed by atoms with Gasteiger partial charge in [0, 0.05) is 12.0 Å². The molecule has 5 rings (SSSR count). The van der Waals surface area contributed by atoms with Crippen molar-refractivity contribution in [3.63, 3.8) is 0 Å². The summed E-state index contributed by atoms with van der Waals surface area (Å²) in [6.07, 6.45) is 0.556. The van der Waals surface area contributed by atoms with Gasteiger partial charge in [0.1, 0.15) is 17.4 Å². The Morgan fingerprint density at radius 2 is 2.08 bits per heavy atom. The molecule has 2 atom stereocenters. The van der Waals surface area contributed by atoms with Gasteiger partial charge in [-0.05, 0) is 29.7 Å². The minimum atomic E-state index is -1.51. The number of aromatic nitrogens is 1. The predicted octanol–water partition coefficient (Wildman–Crippen LogP) is 0.832. The van der Waals surface area contributed by atoms with Crippen LogP contribution in [0.25, 0.3) is 0 Å². The number of nitrogens with zero attached hydrogens (tertiary/aromatic N) is 1. The predicted molar refractivity (Wildman–Crippen MR) is 89.5 cm³/mol. The molecule has 0 spiro atoms. The van der Waals surface area contributed by atoms with E-state index >= 15 is 0 Å². The van der Waals surface area contributed by atoms with Crippen LogP contribution in [-0.4, -0.2) is 38.3 Å². The first-order valence-electron chi connectivity index (χ1n) is 7.97. The molecule has 2 aromatic rings. The minimum absolute atomic E-state index is 0.179. The zero-order valence-corrected chi connectivity index (χ0v) is 13.1. The third kappa shape index (κ3) is 1.74. The summed E-state index contributed by atoms with van der Waals surface area (Å²) in [4.78, 5) is 4.32. The van der Waals surface area contributed by atoms with E-state index in [4.69, 9.17) is 15.9 Å². The molecular formula is C17H16N4O4. The number of nitrogens with two attached hydrogens (primary N) is 1. The van der Waals surface area contributed by atoms with Gasteiger partial charge in [0.2, 0.25) is 5.79 Å². The number of ether oxygens (including phenoxy) is 1. The fourth-order valence-corrected chi connectivity index (χ4v) is 4.11. The van der Waals surface area contributed by atoms with Crippen molar-refractivity contribution < 1.29 is 20.1 Å². The largest absolute Gasteiger partial charge is 0.504 e. The van der Waals surface area contributed by atoms with Gasteiger partial charge in [-0.25, -0.2) is 4.98 Å². The Morgan fingerprint density at radius 1 is 1.32 bits per heavy atom. The lowest BCUT2D eigenvalue weighted by Gasteiger charge is -2.37. The van der Waals surface area contributed by atoms with Gasteiger partial charge in [-0.3, -0.25) is 0 Å². The summed E-state index contributed by atoms with van der Waals surface area (Å²) in [5.74, 6) is -1.22. The Morgan fingerprint density at radius 3 is 2.88 bits per heavy atom. The van der Waals surface area contributed by atoms with E-state index in [1.807, 2.05) is 0 Å². The van der Waals surface area contributed by atoms with E-state index in [0.29, 0.717) is 52.8 Å². The third-order valence-corrected chi connectivity index (χ3v) is 5.30. The van der Waals surface area contributed by atoms with E-state index in [1.54, 1.807) is 0 Å². The van der Waals surface area contributed by atoms with Gasteiger partial charge in [0.25, 0.3) is 0 Å². The number of aliphatic hydroxyl groups is 1. The van der Waals surface area contributed by atoms with Crippen LogP contribution >= 0.6 is 0 Å². The summed E-state index contributed by atoms with van der Waals surface area (Å²) in [6.45, 7) is 0.339. The van der Waals surface area contributed by atoms with Crippen LogP contribution in [0.2, 0.25) is 0 Å². The molecule has 8 heteroatoms. The van der Waals surface area contributed by atoms with E-state index in [-0.39, 0.29) is 17.9 Å². The summed E-state index contributed by atoms with van der Waals surface area (Å²) in [5.41, 5.74) is 9.05. The number of phenolic OH excluding ortho intramolecular Hbond substituents is 2. The van der Waals surface area contributed by atoms with Crippen molar-refractivity contribution in [2.45, 2.75) is 24.5 Å². The summed E-state index contributed by atoms with van der Waals surface area (Å²) >= 11 is 0. The number of benzene rings is 1. The molecule has 0 saturated carbocycles. The highest BCUT2D eigenvalue weighted by molar-refractivity contribution is 6.11. The van der Waals surface area contributed by atoms with Gasteiger partial charge in [0.15, 0.2) is 11.5 Å². The smallest absolute Gasteiger partial charge is 0.219 e.